The molecule has 2 heterocycles. The molecular weight excluding hydrogens is 354 g/mol. The minimum atomic E-state index is -0.177. The lowest BCUT2D eigenvalue weighted by atomic mass is 10.2. The number of ether oxygens (including phenoxy) is 2. The number of anilines is 2. The summed E-state index contributed by atoms with van der Waals surface area (Å²) in [6, 6.07) is 7.34. The average molecular weight is 375 g/mol. The predicted octanol–water partition coefficient (Wildman–Crippen LogP) is 1.85. The van der Waals surface area contributed by atoms with E-state index in [2.05, 4.69) is 20.8 Å². The third-order valence-corrected chi connectivity index (χ3v) is 4.48. The van der Waals surface area contributed by atoms with E-state index in [-0.39, 0.29) is 18.6 Å². The lowest BCUT2D eigenvalue weighted by molar-refractivity contribution is -0.123. The molecule has 8 nitrogen and oxygen atoms in total. The van der Waals surface area contributed by atoms with Gasteiger partial charge >= 0.3 is 0 Å². The van der Waals surface area contributed by atoms with Gasteiger partial charge < -0.3 is 20.5 Å². The standard InChI is InChI=1S/C17H21N5O3S/c18-15-11-26-17(21-15)22-20-8-12-4-1-2-6-14(12)25-10-16(23)19-9-13-5-3-7-24-13/h1-2,4,6,8,11,13H,3,5,7,9-10,18H2,(H,19,23)(H,21,22). The fourth-order valence-electron chi connectivity index (χ4n) is 2.44. The molecule has 3 rings (SSSR count). The van der Waals surface area contributed by atoms with Gasteiger partial charge in [-0.15, -0.1) is 11.3 Å². The van der Waals surface area contributed by atoms with Crippen molar-refractivity contribution in [1.82, 2.24) is 10.3 Å². The summed E-state index contributed by atoms with van der Waals surface area (Å²) in [7, 11) is 0. The first-order valence-corrected chi connectivity index (χ1v) is 9.19. The maximum Gasteiger partial charge on any atom is 0.258 e. The molecule has 0 aliphatic carbocycles. The van der Waals surface area contributed by atoms with Gasteiger partial charge in [0.15, 0.2) is 6.61 Å². The molecule has 138 valence electrons. The van der Waals surface area contributed by atoms with Crippen molar-refractivity contribution >= 4 is 34.4 Å². The van der Waals surface area contributed by atoms with Crippen LogP contribution in [-0.4, -0.2) is 43.0 Å². The maximum absolute atomic E-state index is 11.9. The van der Waals surface area contributed by atoms with Crippen molar-refractivity contribution in [2.24, 2.45) is 5.10 Å². The van der Waals surface area contributed by atoms with Crippen molar-refractivity contribution in [3.63, 3.8) is 0 Å². The Hall–Kier alpha value is -2.65. The fourth-order valence-corrected chi connectivity index (χ4v) is 2.99. The number of rotatable bonds is 8. The van der Waals surface area contributed by atoms with E-state index in [1.54, 1.807) is 17.7 Å². The third-order valence-electron chi connectivity index (χ3n) is 3.71. The van der Waals surface area contributed by atoms with Gasteiger partial charge in [0.1, 0.15) is 11.6 Å². The molecule has 0 bridgehead atoms. The minimum absolute atomic E-state index is 0.0615. The molecule has 1 saturated heterocycles. The predicted molar refractivity (Wildman–Crippen MR) is 102 cm³/mol. The van der Waals surface area contributed by atoms with Crippen LogP contribution in [0.1, 0.15) is 18.4 Å². The molecule has 1 aliphatic rings. The number of nitrogen functional groups attached to an aromatic ring is 1. The summed E-state index contributed by atoms with van der Waals surface area (Å²) >= 11 is 1.36. The molecule has 26 heavy (non-hydrogen) atoms. The van der Waals surface area contributed by atoms with E-state index >= 15 is 0 Å². The molecule has 1 aliphatic heterocycles. The Balaban J connectivity index is 1.49. The zero-order valence-electron chi connectivity index (χ0n) is 14.2. The Kier molecular flexibility index (Phi) is 6.39. The number of benzene rings is 1. The normalized spacial score (nSPS) is 16.7. The second-order valence-corrected chi connectivity index (χ2v) is 6.57. The minimum Gasteiger partial charge on any atom is -0.483 e. The highest BCUT2D eigenvalue weighted by molar-refractivity contribution is 7.14. The van der Waals surface area contributed by atoms with E-state index in [0.29, 0.717) is 23.2 Å². The van der Waals surface area contributed by atoms with Crippen molar-refractivity contribution < 1.29 is 14.3 Å². The number of hydrazone groups is 1. The third kappa shape index (κ3) is 5.43. The number of aromatic nitrogens is 1. The van der Waals surface area contributed by atoms with Gasteiger partial charge in [0.25, 0.3) is 5.91 Å². The zero-order valence-corrected chi connectivity index (χ0v) is 15.0. The van der Waals surface area contributed by atoms with Gasteiger partial charge in [-0.1, -0.05) is 12.1 Å². The van der Waals surface area contributed by atoms with Crippen molar-refractivity contribution in [3.8, 4) is 5.75 Å². The molecule has 1 aromatic heterocycles. The molecule has 4 N–H and O–H groups in total. The van der Waals surface area contributed by atoms with Crippen LogP contribution in [0, 0.1) is 0 Å². The number of amides is 1. The van der Waals surface area contributed by atoms with Crippen molar-refractivity contribution in [3.05, 3.63) is 35.2 Å². The van der Waals surface area contributed by atoms with Gasteiger partial charge in [-0.2, -0.15) is 5.10 Å². The highest BCUT2D eigenvalue weighted by Crippen LogP contribution is 2.18. The summed E-state index contributed by atoms with van der Waals surface area (Å²) in [5.74, 6) is 0.845. The molecule has 2 aromatic rings. The van der Waals surface area contributed by atoms with Crippen LogP contribution in [0.15, 0.2) is 34.7 Å². The van der Waals surface area contributed by atoms with Crippen LogP contribution in [0.2, 0.25) is 0 Å². The van der Waals surface area contributed by atoms with E-state index in [4.69, 9.17) is 15.2 Å². The highest BCUT2D eigenvalue weighted by atomic mass is 32.1. The number of thiazole rings is 1. The Bertz CT molecular complexity index is 758. The first-order chi connectivity index (χ1) is 12.7. The zero-order chi connectivity index (χ0) is 18.2. The largest absolute Gasteiger partial charge is 0.483 e. The van der Waals surface area contributed by atoms with Crippen LogP contribution in [0.3, 0.4) is 0 Å². The van der Waals surface area contributed by atoms with Crippen molar-refractivity contribution in [1.29, 1.82) is 0 Å². The molecule has 0 saturated carbocycles. The Labute approximate surface area is 155 Å². The number of nitrogens with one attached hydrogen (secondary N) is 2. The smallest absolute Gasteiger partial charge is 0.258 e. The van der Waals surface area contributed by atoms with Crippen molar-refractivity contribution in [2.45, 2.75) is 18.9 Å². The summed E-state index contributed by atoms with van der Waals surface area (Å²) in [4.78, 5) is 16.0. The molecule has 1 fully saturated rings. The summed E-state index contributed by atoms with van der Waals surface area (Å²) in [5, 5.41) is 9.28. The molecule has 1 atom stereocenters. The van der Waals surface area contributed by atoms with Gasteiger partial charge in [0.2, 0.25) is 5.13 Å². The number of para-hydroxylation sites is 1. The van der Waals surface area contributed by atoms with Crippen molar-refractivity contribution in [2.75, 3.05) is 30.9 Å². The highest BCUT2D eigenvalue weighted by Gasteiger charge is 2.16. The summed E-state index contributed by atoms with van der Waals surface area (Å²) in [6.07, 6.45) is 3.75. The molecule has 1 amide bonds. The Morgan fingerprint density at radius 3 is 3.15 bits per heavy atom. The molecule has 9 heteroatoms. The summed E-state index contributed by atoms with van der Waals surface area (Å²) < 4.78 is 11.1. The molecule has 0 spiro atoms. The lowest BCUT2D eigenvalue weighted by Crippen LogP contribution is -2.35. The first kappa shape index (κ1) is 18.2. The van der Waals surface area contributed by atoms with E-state index in [1.807, 2.05) is 18.2 Å². The van der Waals surface area contributed by atoms with Gasteiger partial charge in [-0.05, 0) is 25.0 Å². The summed E-state index contributed by atoms with van der Waals surface area (Å²) in [5.41, 5.74) is 9.11. The SMILES string of the molecule is Nc1csc(NN=Cc2ccccc2OCC(=O)NCC2CCCO2)n1. The van der Waals surface area contributed by atoms with Crippen LogP contribution in [0.5, 0.6) is 5.75 Å². The lowest BCUT2D eigenvalue weighted by Gasteiger charge is -2.12. The number of nitrogens with zero attached hydrogens (tertiary/aromatic N) is 2. The van der Waals surface area contributed by atoms with E-state index in [0.717, 1.165) is 25.0 Å². The van der Waals surface area contributed by atoms with Gasteiger partial charge in [0.05, 0.1) is 12.3 Å². The maximum atomic E-state index is 11.9. The monoisotopic (exact) mass is 375 g/mol. The van der Waals surface area contributed by atoms with E-state index in [1.165, 1.54) is 11.3 Å². The second kappa shape index (κ2) is 9.16. The van der Waals surface area contributed by atoms with Crippen LogP contribution in [0.25, 0.3) is 0 Å². The average Bonchev–Trinajstić information content (AvgIpc) is 3.31. The van der Waals surface area contributed by atoms with Gasteiger partial charge in [-0.3, -0.25) is 10.2 Å². The molecular formula is C17H21N5O3S. The van der Waals surface area contributed by atoms with E-state index < -0.39 is 0 Å². The van der Waals surface area contributed by atoms with Crippen LogP contribution >= 0.6 is 11.3 Å². The van der Waals surface area contributed by atoms with Crippen LogP contribution in [-0.2, 0) is 9.53 Å². The van der Waals surface area contributed by atoms with Gasteiger partial charge in [-0.25, -0.2) is 4.98 Å². The fraction of sp³-hybridized carbons (Fsp3) is 0.353. The van der Waals surface area contributed by atoms with Crippen LogP contribution < -0.4 is 21.2 Å². The Morgan fingerprint density at radius 1 is 1.50 bits per heavy atom. The summed E-state index contributed by atoms with van der Waals surface area (Å²) in [6.45, 7) is 1.23. The Morgan fingerprint density at radius 2 is 2.38 bits per heavy atom. The quantitative estimate of drug-likeness (QED) is 0.480. The second-order valence-electron chi connectivity index (χ2n) is 5.71. The first-order valence-electron chi connectivity index (χ1n) is 8.31. The molecule has 1 aromatic carbocycles. The van der Waals surface area contributed by atoms with E-state index in [9.17, 15) is 4.79 Å². The number of nitrogens with two attached hydrogens (primary N) is 1. The number of carbonyl (C=O) groups is 1. The topological polar surface area (TPSA) is 111 Å². The van der Waals surface area contributed by atoms with Gasteiger partial charge in [0, 0.05) is 24.1 Å². The number of carbonyl (C=O) groups excluding carboxylic acids is 1. The van der Waals surface area contributed by atoms with Crippen LogP contribution in [0.4, 0.5) is 10.9 Å². The number of hydrogen-bond donors (Lipinski definition) is 3. The molecule has 1 unspecified atom stereocenters. The number of hydrogen-bond acceptors (Lipinski definition) is 8. The molecule has 0 radical (unpaired) electrons.